The maximum absolute atomic E-state index is 12.2. The van der Waals surface area contributed by atoms with Gasteiger partial charge in [-0.1, -0.05) is 81.5 Å². The average molecular weight is 431 g/mol. The first-order chi connectivity index (χ1) is 15.2. The fourth-order valence-electron chi connectivity index (χ4n) is 3.06. The quantitative estimate of drug-likeness (QED) is 0.118. The van der Waals surface area contributed by atoms with E-state index in [9.17, 15) is 4.79 Å². The highest BCUT2D eigenvalue weighted by atomic mass is 16.6. The van der Waals surface area contributed by atoms with E-state index >= 15 is 0 Å². The van der Waals surface area contributed by atoms with Crippen LogP contribution in [-0.4, -0.2) is 24.8 Å². The molecule has 0 radical (unpaired) electrons. The van der Waals surface area contributed by atoms with Crippen molar-refractivity contribution < 1.29 is 14.3 Å². The molecule has 3 heteroatoms. The van der Waals surface area contributed by atoms with Crippen LogP contribution < -0.4 is 0 Å². The van der Waals surface area contributed by atoms with E-state index in [1.807, 2.05) is 20.8 Å². The van der Waals surface area contributed by atoms with Crippen LogP contribution in [0.15, 0.2) is 60.8 Å². The van der Waals surface area contributed by atoms with Crippen molar-refractivity contribution in [3.63, 3.8) is 0 Å². The van der Waals surface area contributed by atoms with Crippen molar-refractivity contribution in [2.24, 2.45) is 0 Å². The van der Waals surface area contributed by atoms with Crippen LogP contribution in [0.25, 0.3) is 0 Å². The van der Waals surface area contributed by atoms with Crippen LogP contribution in [0, 0.1) is 0 Å². The summed E-state index contributed by atoms with van der Waals surface area (Å²) in [6.07, 6.45) is 31.6. The Balaban J connectivity index is 3.79. The maximum Gasteiger partial charge on any atom is 0.338 e. The second-order valence-corrected chi connectivity index (χ2v) is 7.47. The highest BCUT2D eigenvalue weighted by Gasteiger charge is 2.37. The molecule has 0 aromatic carbocycles. The van der Waals surface area contributed by atoms with Gasteiger partial charge in [0, 0.05) is 6.61 Å². The molecule has 0 aliphatic heterocycles. The number of carbonyl (C=O) groups excluding carboxylic acids is 1. The van der Waals surface area contributed by atoms with E-state index in [1.165, 1.54) is 0 Å². The molecule has 0 aliphatic rings. The molecule has 0 amide bonds. The monoisotopic (exact) mass is 430 g/mol. The van der Waals surface area contributed by atoms with Crippen molar-refractivity contribution in [2.45, 2.75) is 97.5 Å². The van der Waals surface area contributed by atoms with Crippen molar-refractivity contribution >= 4 is 5.97 Å². The van der Waals surface area contributed by atoms with E-state index in [4.69, 9.17) is 9.47 Å². The summed E-state index contributed by atoms with van der Waals surface area (Å²) in [5.74, 6) is -0.224. The number of unbranched alkanes of at least 4 members (excludes halogenated alkanes) is 2. The fraction of sp³-hybridized carbons (Fsp3) is 0.607. The smallest absolute Gasteiger partial charge is 0.338 e. The summed E-state index contributed by atoms with van der Waals surface area (Å²) in [7, 11) is 0. The Labute approximate surface area is 192 Å². The molecule has 0 aliphatic carbocycles. The van der Waals surface area contributed by atoms with Gasteiger partial charge in [0.25, 0.3) is 0 Å². The first-order valence-corrected chi connectivity index (χ1v) is 12.2. The lowest BCUT2D eigenvalue weighted by atomic mass is 9.97. The van der Waals surface area contributed by atoms with Gasteiger partial charge in [-0.15, -0.1) is 0 Å². The normalized spacial score (nSPS) is 13.0. The van der Waals surface area contributed by atoms with Gasteiger partial charge < -0.3 is 9.47 Å². The Morgan fingerprint density at radius 1 is 0.677 bits per heavy atom. The number of ether oxygens (including phenoxy) is 2. The number of allylic oxidation sites excluding steroid dienone is 10. The summed E-state index contributed by atoms with van der Waals surface area (Å²) in [4.78, 5) is 12.2. The van der Waals surface area contributed by atoms with E-state index in [0.717, 1.165) is 51.4 Å². The van der Waals surface area contributed by atoms with Gasteiger partial charge >= 0.3 is 5.97 Å². The van der Waals surface area contributed by atoms with Crippen LogP contribution in [0.1, 0.15) is 91.9 Å². The minimum Gasteiger partial charge on any atom is -0.464 e. The van der Waals surface area contributed by atoms with E-state index in [0.29, 0.717) is 26.1 Å². The van der Waals surface area contributed by atoms with Crippen LogP contribution in [-0.2, 0) is 14.3 Å². The van der Waals surface area contributed by atoms with Gasteiger partial charge in [-0.25, -0.2) is 4.79 Å². The third kappa shape index (κ3) is 15.6. The van der Waals surface area contributed by atoms with Gasteiger partial charge in [-0.05, 0) is 71.1 Å². The Kier molecular flexibility index (Phi) is 20.1. The Bertz CT molecular complexity index is 563. The van der Waals surface area contributed by atoms with Crippen molar-refractivity contribution in [1.29, 1.82) is 0 Å². The molecule has 0 atom stereocenters. The Morgan fingerprint density at radius 3 is 1.61 bits per heavy atom. The standard InChI is InChI=1S/C28H46O3/c1-5-9-10-11-12-13-14-15-16-17-18-19-20-21-22-23-24-25-26-31-28(6-2,7-3)27(29)30-8-4/h9-10,12-13,15-16,18-19,21-22H,5-8,11,14,17,20,23-26H2,1-4H3/b10-9-,13-12-,16-15-,19-18-,22-21-. The summed E-state index contributed by atoms with van der Waals surface area (Å²) in [6.45, 7) is 8.95. The second kappa shape index (κ2) is 21.4. The van der Waals surface area contributed by atoms with Crippen LogP contribution in [0.2, 0.25) is 0 Å². The zero-order valence-corrected chi connectivity index (χ0v) is 20.5. The lowest BCUT2D eigenvalue weighted by Gasteiger charge is -2.29. The summed E-state index contributed by atoms with van der Waals surface area (Å²) in [5, 5.41) is 0. The SMILES string of the molecule is CC/C=C\C/C=C\C/C=C\C/C=C\C/C=C\CCCCOC(CC)(CC)C(=O)OCC. The Morgan fingerprint density at radius 2 is 1.16 bits per heavy atom. The molecule has 0 bridgehead atoms. The summed E-state index contributed by atoms with van der Waals surface area (Å²) in [5.41, 5.74) is -0.770. The van der Waals surface area contributed by atoms with E-state index in [-0.39, 0.29) is 5.97 Å². The molecule has 3 nitrogen and oxygen atoms in total. The minimum absolute atomic E-state index is 0.224. The van der Waals surface area contributed by atoms with Crippen molar-refractivity contribution in [1.82, 2.24) is 0 Å². The molecule has 0 aromatic heterocycles. The molecule has 0 rings (SSSR count). The molecule has 0 unspecified atom stereocenters. The molecular weight excluding hydrogens is 384 g/mol. The highest BCUT2D eigenvalue weighted by Crippen LogP contribution is 2.23. The van der Waals surface area contributed by atoms with Crippen molar-refractivity contribution in [3.8, 4) is 0 Å². The van der Waals surface area contributed by atoms with Crippen molar-refractivity contribution in [3.05, 3.63) is 60.8 Å². The fourth-order valence-corrected chi connectivity index (χ4v) is 3.06. The van der Waals surface area contributed by atoms with Gasteiger partial charge in [-0.2, -0.15) is 0 Å². The van der Waals surface area contributed by atoms with Gasteiger partial charge in [0.2, 0.25) is 0 Å². The molecule has 0 heterocycles. The predicted octanol–water partition coefficient (Wildman–Crippen LogP) is 8.05. The van der Waals surface area contributed by atoms with E-state index < -0.39 is 5.60 Å². The Hall–Kier alpha value is -1.87. The largest absolute Gasteiger partial charge is 0.464 e. The van der Waals surface area contributed by atoms with Crippen LogP contribution >= 0.6 is 0 Å². The van der Waals surface area contributed by atoms with Crippen LogP contribution in [0.3, 0.4) is 0 Å². The second-order valence-electron chi connectivity index (χ2n) is 7.47. The molecule has 0 aromatic rings. The lowest BCUT2D eigenvalue weighted by molar-refractivity contribution is -0.173. The van der Waals surface area contributed by atoms with Gasteiger partial charge in [0.15, 0.2) is 5.60 Å². The van der Waals surface area contributed by atoms with Crippen molar-refractivity contribution in [2.75, 3.05) is 13.2 Å². The third-order valence-corrected chi connectivity index (χ3v) is 5.09. The average Bonchev–Trinajstić information content (AvgIpc) is 2.78. The maximum atomic E-state index is 12.2. The first-order valence-electron chi connectivity index (χ1n) is 12.2. The zero-order chi connectivity index (χ0) is 23.0. The number of rotatable bonds is 19. The highest BCUT2D eigenvalue weighted by molar-refractivity contribution is 5.79. The third-order valence-electron chi connectivity index (χ3n) is 5.09. The predicted molar refractivity (Wildman–Crippen MR) is 134 cm³/mol. The van der Waals surface area contributed by atoms with Crippen LogP contribution in [0.5, 0.6) is 0 Å². The molecule has 0 saturated carbocycles. The zero-order valence-electron chi connectivity index (χ0n) is 20.5. The first kappa shape index (κ1) is 29.1. The molecule has 31 heavy (non-hydrogen) atoms. The minimum atomic E-state index is -0.770. The summed E-state index contributed by atoms with van der Waals surface area (Å²) < 4.78 is 11.1. The molecule has 0 spiro atoms. The van der Waals surface area contributed by atoms with Crippen LogP contribution in [0.4, 0.5) is 0 Å². The lowest BCUT2D eigenvalue weighted by Crippen LogP contribution is -2.42. The number of hydrogen-bond donors (Lipinski definition) is 0. The van der Waals surface area contributed by atoms with Gasteiger partial charge in [-0.3, -0.25) is 0 Å². The summed E-state index contributed by atoms with van der Waals surface area (Å²) >= 11 is 0. The van der Waals surface area contributed by atoms with E-state index in [1.54, 1.807) is 0 Å². The topological polar surface area (TPSA) is 35.5 Å². The van der Waals surface area contributed by atoms with Gasteiger partial charge in [0.1, 0.15) is 0 Å². The number of hydrogen-bond acceptors (Lipinski definition) is 3. The molecular formula is C28H46O3. The number of carbonyl (C=O) groups is 1. The molecule has 0 saturated heterocycles. The van der Waals surface area contributed by atoms with E-state index in [2.05, 4.69) is 67.7 Å². The summed E-state index contributed by atoms with van der Waals surface area (Å²) in [6, 6.07) is 0. The number of esters is 1. The molecule has 0 N–H and O–H groups in total. The molecule has 176 valence electrons. The molecule has 0 fully saturated rings. The van der Waals surface area contributed by atoms with Gasteiger partial charge in [0.05, 0.1) is 6.61 Å².